The Morgan fingerprint density at radius 3 is 2.53 bits per heavy atom. The Balaban J connectivity index is 2.04. The van der Waals surface area contributed by atoms with Gasteiger partial charge >= 0.3 is 0 Å². The molecule has 0 radical (unpaired) electrons. The van der Waals surface area contributed by atoms with Crippen LogP contribution >= 0.6 is 0 Å². The van der Waals surface area contributed by atoms with Gasteiger partial charge < -0.3 is 15.4 Å². The molecule has 2 saturated heterocycles. The van der Waals surface area contributed by atoms with Crippen LogP contribution in [0.1, 0.15) is 40.5 Å². The highest BCUT2D eigenvalue weighted by atomic mass is 16.5. The summed E-state index contributed by atoms with van der Waals surface area (Å²) in [4.78, 5) is 14.8. The number of carbonyl (C=O) groups is 1. The van der Waals surface area contributed by atoms with E-state index in [-0.39, 0.29) is 30.1 Å². The predicted molar refractivity (Wildman–Crippen MR) is 75.6 cm³/mol. The van der Waals surface area contributed by atoms with Crippen molar-refractivity contribution < 1.29 is 9.53 Å². The molecule has 2 rings (SSSR count). The van der Waals surface area contributed by atoms with E-state index in [2.05, 4.69) is 20.8 Å². The number of hydrogen-bond donors (Lipinski definition) is 1. The first-order chi connectivity index (χ1) is 8.95. The van der Waals surface area contributed by atoms with E-state index in [1.54, 1.807) is 0 Å². The van der Waals surface area contributed by atoms with Crippen molar-refractivity contribution in [2.75, 3.05) is 13.1 Å². The lowest BCUT2D eigenvalue weighted by Gasteiger charge is -2.38. The maximum atomic E-state index is 12.7. The molecule has 4 heteroatoms. The SMILES string of the molecule is CCC1CN(C(=O)C2C(C)OC(C)C2C)CCC1N. The van der Waals surface area contributed by atoms with E-state index in [1.165, 1.54) is 0 Å². The summed E-state index contributed by atoms with van der Waals surface area (Å²) in [5.74, 6) is 1.04. The monoisotopic (exact) mass is 268 g/mol. The van der Waals surface area contributed by atoms with Crippen molar-refractivity contribution in [3.63, 3.8) is 0 Å². The first kappa shape index (κ1) is 14.8. The highest BCUT2D eigenvalue weighted by Crippen LogP contribution is 2.34. The molecule has 2 fully saturated rings. The topological polar surface area (TPSA) is 55.6 Å². The van der Waals surface area contributed by atoms with Gasteiger partial charge in [0.25, 0.3) is 0 Å². The molecule has 6 unspecified atom stereocenters. The van der Waals surface area contributed by atoms with Crippen LogP contribution in [0.4, 0.5) is 0 Å². The molecule has 6 atom stereocenters. The van der Waals surface area contributed by atoms with Crippen LogP contribution in [0.15, 0.2) is 0 Å². The van der Waals surface area contributed by atoms with Crippen molar-refractivity contribution >= 4 is 5.91 Å². The highest BCUT2D eigenvalue weighted by Gasteiger charge is 2.44. The number of rotatable bonds is 2. The maximum absolute atomic E-state index is 12.7. The predicted octanol–water partition coefficient (Wildman–Crippen LogP) is 1.63. The number of amides is 1. The summed E-state index contributed by atoms with van der Waals surface area (Å²) in [6, 6.07) is 0.252. The van der Waals surface area contributed by atoms with Crippen molar-refractivity contribution in [3.05, 3.63) is 0 Å². The lowest BCUT2D eigenvalue weighted by Crippen LogP contribution is -2.51. The lowest BCUT2D eigenvalue weighted by molar-refractivity contribution is -0.140. The molecule has 0 saturated carbocycles. The molecule has 0 aromatic carbocycles. The summed E-state index contributed by atoms with van der Waals surface area (Å²) < 4.78 is 5.80. The molecule has 0 bridgehead atoms. The van der Waals surface area contributed by atoms with Gasteiger partial charge in [-0.2, -0.15) is 0 Å². The Morgan fingerprint density at radius 2 is 2.00 bits per heavy atom. The molecule has 0 aromatic rings. The van der Waals surface area contributed by atoms with Crippen LogP contribution in [0.3, 0.4) is 0 Å². The van der Waals surface area contributed by atoms with Crippen molar-refractivity contribution in [2.24, 2.45) is 23.5 Å². The molecule has 2 N–H and O–H groups in total. The Kier molecular flexibility index (Phi) is 4.51. The normalized spacial score (nSPS) is 43.5. The van der Waals surface area contributed by atoms with E-state index in [1.807, 2.05) is 11.8 Å². The quantitative estimate of drug-likeness (QED) is 0.828. The summed E-state index contributed by atoms with van der Waals surface area (Å²) in [5.41, 5.74) is 6.12. The van der Waals surface area contributed by atoms with Crippen molar-refractivity contribution in [1.29, 1.82) is 0 Å². The Hall–Kier alpha value is -0.610. The van der Waals surface area contributed by atoms with Gasteiger partial charge in [-0.3, -0.25) is 4.79 Å². The zero-order valence-electron chi connectivity index (χ0n) is 12.6. The molecule has 0 spiro atoms. The highest BCUT2D eigenvalue weighted by molar-refractivity contribution is 5.80. The maximum Gasteiger partial charge on any atom is 0.228 e. The zero-order valence-corrected chi connectivity index (χ0v) is 12.6. The fourth-order valence-electron chi connectivity index (χ4n) is 3.59. The standard InChI is InChI=1S/C15H28N2O2/c1-5-12-8-17(7-6-13(12)16)15(18)14-9(2)10(3)19-11(14)4/h9-14H,5-8,16H2,1-4H3. The van der Waals surface area contributed by atoms with Crippen molar-refractivity contribution in [1.82, 2.24) is 4.90 Å². The van der Waals surface area contributed by atoms with Gasteiger partial charge in [-0.15, -0.1) is 0 Å². The van der Waals surface area contributed by atoms with Crippen LogP contribution < -0.4 is 5.73 Å². The molecule has 1 amide bonds. The molecule has 0 aliphatic carbocycles. The molecular weight excluding hydrogens is 240 g/mol. The molecule has 2 aliphatic rings. The fourth-order valence-corrected chi connectivity index (χ4v) is 3.59. The van der Waals surface area contributed by atoms with Crippen LogP contribution in [0.2, 0.25) is 0 Å². The van der Waals surface area contributed by atoms with E-state index in [9.17, 15) is 4.79 Å². The van der Waals surface area contributed by atoms with Gasteiger partial charge in [0, 0.05) is 19.1 Å². The fraction of sp³-hybridized carbons (Fsp3) is 0.933. The molecular formula is C15H28N2O2. The summed E-state index contributed by atoms with van der Waals surface area (Å²) in [6.45, 7) is 10.0. The average molecular weight is 268 g/mol. The number of ether oxygens (including phenoxy) is 1. The number of hydrogen-bond acceptors (Lipinski definition) is 3. The van der Waals surface area contributed by atoms with Gasteiger partial charge in [-0.1, -0.05) is 20.3 Å². The Bertz CT molecular complexity index is 334. The van der Waals surface area contributed by atoms with Gasteiger partial charge in [0.2, 0.25) is 5.91 Å². The summed E-state index contributed by atoms with van der Waals surface area (Å²) in [5, 5.41) is 0. The summed E-state index contributed by atoms with van der Waals surface area (Å²) >= 11 is 0. The van der Waals surface area contributed by atoms with Crippen LogP contribution in [-0.2, 0) is 9.53 Å². The van der Waals surface area contributed by atoms with Crippen LogP contribution in [0.25, 0.3) is 0 Å². The molecule has 110 valence electrons. The summed E-state index contributed by atoms with van der Waals surface area (Å²) in [6.07, 6.45) is 2.19. The zero-order chi connectivity index (χ0) is 14.2. The van der Waals surface area contributed by atoms with E-state index in [4.69, 9.17) is 10.5 Å². The first-order valence-corrected chi connectivity index (χ1v) is 7.65. The van der Waals surface area contributed by atoms with E-state index < -0.39 is 0 Å². The van der Waals surface area contributed by atoms with E-state index >= 15 is 0 Å². The third-order valence-electron chi connectivity index (χ3n) is 5.16. The van der Waals surface area contributed by atoms with E-state index in [0.717, 1.165) is 25.9 Å². The van der Waals surface area contributed by atoms with Crippen molar-refractivity contribution in [2.45, 2.75) is 58.8 Å². The van der Waals surface area contributed by atoms with Crippen LogP contribution in [0, 0.1) is 17.8 Å². The second-order valence-electron chi connectivity index (χ2n) is 6.34. The molecule has 19 heavy (non-hydrogen) atoms. The number of likely N-dealkylation sites (tertiary alicyclic amines) is 1. The molecule has 4 nitrogen and oxygen atoms in total. The van der Waals surface area contributed by atoms with Gasteiger partial charge in [0.15, 0.2) is 0 Å². The van der Waals surface area contributed by atoms with Gasteiger partial charge in [-0.05, 0) is 32.1 Å². The summed E-state index contributed by atoms with van der Waals surface area (Å²) in [7, 11) is 0. The van der Waals surface area contributed by atoms with E-state index in [0.29, 0.717) is 11.8 Å². The molecule has 2 heterocycles. The Morgan fingerprint density at radius 1 is 1.32 bits per heavy atom. The molecule has 0 aromatic heterocycles. The van der Waals surface area contributed by atoms with Gasteiger partial charge in [0.1, 0.15) is 0 Å². The minimum Gasteiger partial charge on any atom is -0.374 e. The molecule has 2 aliphatic heterocycles. The van der Waals surface area contributed by atoms with Crippen LogP contribution in [0.5, 0.6) is 0 Å². The largest absolute Gasteiger partial charge is 0.374 e. The minimum absolute atomic E-state index is 0.0156. The van der Waals surface area contributed by atoms with Crippen molar-refractivity contribution in [3.8, 4) is 0 Å². The minimum atomic E-state index is 0.0156. The average Bonchev–Trinajstić information content (AvgIpc) is 2.63. The number of piperidine rings is 1. The number of nitrogens with two attached hydrogens (primary N) is 1. The second-order valence-corrected chi connectivity index (χ2v) is 6.34. The number of carbonyl (C=O) groups excluding carboxylic acids is 1. The lowest BCUT2D eigenvalue weighted by atomic mass is 9.85. The van der Waals surface area contributed by atoms with Crippen LogP contribution in [-0.4, -0.2) is 42.1 Å². The van der Waals surface area contributed by atoms with Gasteiger partial charge in [0.05, 0.1) is 18.1 Å². The third kappa shape index (κ3) is 2.79. The second kappa shape index (κ2) is 5.80. The van der Waals surface area contributed by atoms with Gasteiger partial charge in [-0.25, -0.2) is 0 Å². The third-order valence-corrected chi connectivity index (χ3v) is 5.16. The smallest absolute Gasteiger partial charge is 0.228 e. The number of nitrogens with zero attached hydrogens (tertiary/aromatic N) is 1. The first-order valence-electron chi connectivity index (χ1n) is 7.65. The Labute approximate surface area is 116 Å².